The van der Waals surface area contributed by atoms with Crippen LogP contribution in [0, 0.1) is 10.8 Å². The summed E-state index contributed by atoms with van der Waals surface area (Å²) >= 11 is 0. The zero-order chi connectivity index (χ0) is 43.3. The Morgan fingerprint density at radius 2 is 1.68 bits per heavy atom. The summed E-state index contributed by atoms with van der Waals surface area (Å²) in [6, 6.07) is 9.07. The fourth-order valence-corrected chi connectivity index (χ4v) is 11.8. The SMILES string of the molecule is CC(C)(C)C(=O)OCOP(=O)(OCOC(=O)C(C)(C)C)c1cn(C[C@]23COC(C2O[P@]2O[C@H](CS(=O)(=O)c4ccccc4)[C@@H]4CCCN42)[C@H](n2ccc(=O)[nH]c2=O)O3)nn1. The highest BCUT2D eigenvalue weighted by atomic mass is 32.2. The number of H-pyrrole nitrogens is 1. The number of carbonyl (C=O) groups excluding carboxylic acids is 2. The number of aromatic amines is 1. The predicted octanol–water partition coefficient (Wildman–Crippen LogP) is 2.39. The summed E-state index contributed by atoms with van der Waals surface area (Å²) in [5.74, 6) is -1.56. The van der Waals surface area contributed by atoms with Crippen molar-refractivity contribution in [3.8, 4) is 0 Å². The molecular formula is C36H48N6O15P2S. The largest absolute Gasteiger partial charge is 0.438 e. The van der Waals surface area contributed by atoms with E-state index in [4.69, 9.17) is 37.0 Å². The molecule has 7 rings (SSSR count). The number of carbonyl (C=O) groups is 2. The Kier molecular flexibility index (Phi) is 12.5. The topological polar surface area (TPSA) is 248 Å². The lowest BCUT2D eigenvalue weighted by Gasteiger charge is -2.32. The van der Waals surface area contributed by atoms with Crippen molar-refractivity contribution in [1.29, 1.82) is 0 Å². The Morgan fingerprint density at radius 3 is 2.32 bits per heavy atom. The van der Waals surface area contributed by atoms with Gasteiger partial charge in [-0.15, -0.1) is 5.10 Å². The number of ether oxygens (including phenoxy) is 4. The standard InChI is InChI=1S/C36H48N6O15P2S/c1-34(2,3)31(44)51-21-53-59(47,54-22-52-32(45)35(4,5)6)27-17-40(39-38-27)19-36-20-50-28(30(55-36)41-16-14-26(43)37-33(41)46)29(36)57-58-42-15-10-13-24(42)25(56-58)18-60(48,49)23-11-8-7-9-12-23/h7-9,11-12,14,16-17,24-25,28-30H,10,13,15,18-22H2,1-6H3,(H,37,43,46)/t24-,25+,28?,29?,30+,36-,58-/m0/s1. The molecule has 4 saturated heterocycles. The molecule has 0 radical (unpaired) electrons. The zero-order valence-corrected chi connectivity index (χ0v) is 36.4. The van der Waals surface area contributed by atoms with E-state index in [0.717, 1.165) is 12.5 Å². The van der Waals surface area contributed by atoms with Gasteiger partial charge in [0.2, 0.25) is 13.6 Å². The second-order valence-corrected chi connectivity index (χ2v) is 22.3. The van der Waals surface area contributed by atoms with Gasteiger partial charge in [-0.25, -0.2) is 22.6 Å². The van der Waals surface area contributed by atoms with Gasteiger partial charge in [-0.2, -0.15) is 0 Å². The minimum atomic E-state index is -4.51. The maximum Gasteiger partial charge on any atom is 0.388 e. The van der Waals surface area contributed by atoms with Gasteiger partial charge in [0.05, 0.1) is 46.9 Å². The number of nitrogens with one attached hydrogen (secondary N) is 1. The van der Waals surface area contributed by atoms with Crippen LogP contribution >= 0.6 is 16.1 Å². The van der Waals surface area contributed by atoms with Crippen molar-refractivity contribution in [2.45, 2.75) is 102 Å². The third-order valence-electron chi connectivity index (χ3n) is 10.2. The molecule has 21 nitrogen and oxygen atoms in total. The number of fused-ring (bicyclic) bond motifs is 3. The maximum atomic E-state index is 14.3. The van der Waals surface area contributed by atoms with E-state index in [-0.39, 0.29) is 35.3 Å². The smallest absolute Gasteiger partial charge is 0.388 e. The lowest BCUT2D eigenvalue weighted by Crippen LogP contribution is -2.46. The molecule has 60 heavy (non-hydrogen) atoms. The second-order valence-electron chi connectivity index (χ2n) is 16.9. The van der Waals surface area contributed by atoms with Crippen LogP contribution < -0.4 is 16.7 Å². The van der Waals surface area contributed by atoms with Crippen LogP contribution in [0.4, 0.5) is 0 Å². The average Bonchev–Trinajstić information content (AvgIpc) is 4.01. The molecule has 2 unspecified atom stereocenters. The van der Waals surface area contributed by atoms with E-state index < -0.39 is 104 Å². The Balaban J connectivity index is 1.15. The second kappa shape index (κ2) is 16.9. The number of aromatic nitrogens is 5. The van der Waals surface area contributed by atoms with Crippen molar-refractivity contribution >= 4 is 43.3 Å². The van der Waals surface area contributed by atoms with Gasteiger partial charge in [0.15, 0.2) is 21.5 Å². The molecule has 328 valence electrons. The van der Waals surface area contributed by atoms with Gasteiger partial charge in [0, 0.05) is 24.8 Å². The van der Waals surface area contributed by atoms with Crippen LogP contribution in [0.25, 0.3) is 0 Å². The summed E-state index contributed by atoms with van der Waals surface area (Å²) in [6.45, 7) is 8.48. The van der Waals surface area contributed by atoms with E-state index in [9.17, 15) is 32.2 Å². The van der Waals surface area contributed by atoms with Gasteiger partial charge in [0.25, 0.3) is 14.1 Å². The zero-order valence-electron chi connectivity index (χ0n) is 33.8. The number of sulfone groups is 1. The molecule has 4 fully saturated rings. The molecule has 3 aromatic rings. The molecule has 0 spiro atoms. The van der Waals surface area contributed by atoms with Crippen molar-refractivity contribution in [2.75, 3.05) is 32.5 Å². The van der Waals surface area contributed by atoms with Gasteiger partial charge in [-0.3, -0.25) is 37.5 Å². The Hall–Kier alpha value is -3.69. The lowest BCUT2D eigenvalue weighted by molar-refractivity contribution is -0.180. The first-order chi connectivity index (χ1) is 28.2. The van der Waals surface area contributed by atoms with Crippen LogP contribution in [0.1, 0.15) is 60.6 Å². The molecule has 1 N–H and O–H groups in total. The first-order valence-electron chi connectivity index (χ1n) is 19.1. The van der Waals surface area contributed by atoms with E-state index in [2.05, 4.69) is 15.3 Å². The van der Waals surface area contributed by atoms with Gasteiger partial charge in [-0.1, -0.05) is 23.4 Å². The lowest BCUT2D eigenvalue weighted by atomic mass is 9.98. The number of esters is 2. The number of benzene rings is 1. The van der Waals surface area contributed by atoms with Crippen molar-refractivity contribution < 1.29 is 59.6 Å². The molecule has 7 atom stereocenters. The molecule has 24 heteroatoms. The minimum Gasteiger partial charge on any atom is -0.438 e. The van der Waals surface area contributed by atoms with Gasteiger partial charge < -0.3 is 28.0 Å². The quantitative estimate of drug-likeness (QED) is 0.131. The highest BCUT2D eigenvalue weighted by Crippen LogP contribution is 2.60. The number of nitrogens with zero attached hydrogens (tertiary/aromatic N) is 5. The van der Waals surface area contributed by atoms with Crippen LogP contribution in [0.15, 0.2) is 63.3 Å². The van der Waals surface area contributed by atoms with E-state index in [1.807, 2.05) is 4.67 Å². The fourth-order valence-electron chi connectivity index (χ4n) is 7.05. The summed E-state index contributed by atoms with van der Waals surface area (Å²) < 4.78 is 93.0. The number of hydrogen-bond donors (Lipinski definition) is 1. The Morgan fingerprint density at radius 1 is 1.02 bits per heavy atom. The molecule has 4 aliphatic rings. The summed E-state index contributed by atoms with van der Waals surface area (Å²) in [7, 11) is -10.1. The number of rotatable bonds is 15. The van der Waals surface area contributed by atoms with Crippen molar-refractivity contribution in [3.63, 3.8) is 0 Å². The van der Waals surface area contributed by atoms with Gasteiger partial charge in [0.1, 0.15) is 17.8 Å². The summed E-state index contributed by atoms with van der Waals surface area (Å²) in [4.78, 5) is 52.3. The maximum absolute atomic E-state index is 14.3. The van der Waals surface area contributed by atoms with Crippen LogP contribution in [0.2, 0.25) is 0 Å². The molecule has 0 amide bonds. The van der Waals surface area contributed by atoms with Crippen LogP contribution in [-0.4, -0.2) is 112 Å². The summed E-state index contributed by atoms with van der Waals surface area (Å²) in [5.41, 5.74) is -4.93. The van der Waals surface area contributed by atoms with E-state index in [0.29, 0.717) is 13.0 Å². The normalized spacial score (nSPS) is 27.0. The molecule has 6 heterocycles. The monoisotopic (exact) mass is 898 g/mol. The van der Waals surface area contributed by atoms with Crippen molar-refractivity contribution in [3.05, 3.63) is 69.6 Å². The van der Waals surface area contributed by atoms with Gasteiger partial charge >= 0.3 is 25.2 Å². The van der Waals surface area contributed by atoms with Crippen LogP contribution in [0.3, 0.4) is 0 Å². The van der Waals surface area contributed by atoms with Crippen LogP contribution in [-0.2, 0) is 67.6 Å². The molecule has 0 saturated carbocycles. The summed E-state index contributed by atoms with van der Waals surface area (Å²) in [6.07, 6.45) is 0.309. The Bertz CT molecular complexity index is 2310. The first-order valence-corrected chi connectivity index (χ1v) is 23.4. The average molecular weight is 899 g/mol. The van der Waals surface area contributed by atoms with Gasteiger partial charge in [-0.05, 0) is 66.5 Å². The molecule has 2 bridgehead atoms. The minimum absolute atomic E-state index is 0.0826. The van der Waals surface area contributed by atoms with Crippen LogP contribution in [0.5, 0.6) is 0 Å². The van der Waals surface area contributed by atoms with E-state index >= 15 is 0 Å². The Labute approximate surface area is 346 Å². The van der Waals surface area contributed by atoms with Crippen molar-refractivity contribution in [1.82, 2.24) is 29.2 Å². The molecule has 4 aliphatic heterocycles. The highest BCUT2D eigenvalue weighted by Gasteiger charge is 2.65. The fraction of sp³-hybridized carbons (Fsp3) is 0.611. The molecular weight excluding hydrogens is 850 g/mol. The molecule has 2 aromatic heterocycles. The predicted molar refractivity (Wildman–Crippen MR) is 209 cm³/mol. The third kappa shape index (κ3) is 9.23. The third-order valence-corrected chi connectivity index (χ3v) is 15.4. The summed E-state index contributed by atoms with van der Waals surface area (Å²) in [5, 5.41) is 8.20. The molecule has 0 aliphatic carbocycles. The molecule has 1 aromatic carbocycles. The first kappa shape index (κ1) is 44.4. The number of hydrogen-bond acceptors (Lipinski definition) is 18. The van der Waals surface area contributed by atoms with Crippen molar-refractivity contribution in [2.24, 2.45) is 10.8 Å². The van der Waals surface area contributed by atoms with E-state index in [1.165, 1.54) is 21.6 Å². The highest BCUT2D eigenvalue weighted by molar-refractivity contribution is 7.91. The van der Waals surface area contributed by atoms with E-state index in [1.54, 1.807) is 71.9 Å².